The number of ketones is 1. The van der Waals surface area contributed by atoms with Crippen LogP contribution in [0.15, 0.2) is 11.8 Å². The molecule has 1 saturated heterocycles. The number of rotatable bonds is 2. The molecule has 0 unspecified atom stereocenters. The van der Waals surface area contributed by atoms with Gasteiger partial charge in [-0.3, -0.25) is 15.0 Å². The maximum Gasteiger partial charge on any atom is 0.175 e. The fourth-order valence-electron chi connectivity index (χ4n) is 1.54. The second-order valence-electron chi connectivity index (χ2n) is 3.33. The first-order chi connectivity index (χ1) is 6.15. The quantitative estimate of drug-likeness (QED) is 0.620. The summed E-state index contributed by atoms with van der Waals surface area (Å²) in [4.78, 5) is 15.4. The first-order valence-corrected chi connectivity index (χ1v) is 4.46. The Morgan fingerprint density at radius 1 is 1.46 bits per heavy atom. The highest BCUT2D eigenvalue weighted by Gasteiger charge is 2.17. The Morgan fingerprint density at radius 3 is 2.62 bits per heavy atom. The molecular formula is C9H17N3O. The van der Waals surface area contributed by atoms with Crippen LogP contribution in [-0.4, -0.2) is 42.6 Å². The lowest BCUT2D eigenvalue weighted by Gasteiger charge is -2.36. The molecule has 0 aromatic carbocycles. The summed E-state index contributed by atoms with van der Waals surface area (Å²) in [5.41, 5.74) is 0.791. The zero-order valence-electron chi connectivity index (χ0n) is 8.50. The fourth-order valence-corrected chi connectivity index (χ4v) is 1.54. The van der Waals surface area contributed by atoms with E-state index in [0.717, 1.165) is 25.7 Å². The van der Waals surface area contributed by atoms with Gasteiger partial charge in [-0.05, 0) is 14.0 Å². The fraction of sp³-hybridized carbons (Fsp3) is 0.667. The van der Waals surface area contributed by atoms with E-state index in [1.165, 1.54) is 0 Å². The van der Waals surface area contributed by atoms with Crippen LogP contribution in [0.25, 0.3) is 0 Å². The summed E-state index contributed by atoms with van der Waals surface area (Å²) in [5.74, 6) is 0.125. The Kier molecular flexibility index (Phi) is 3.45. The van der Waals surface area contributed by atoms with E-state index in [1.807, 2.05) is 24.9 Å². The molecule has 0 spiro atoms. The lowest BCUT2D eigenvalue weighted by atomic mass is 10.2. The van der Waals surface area contributed by atoms with Crippen molar-refractivity contribution in [1.82, 2.24) is 15.1 Å². The third kappa shape index (κ3) is 2.54. The number of nitrogens with zero attached hydrogens (tertiary/aromatic N) is 2. The largest absolute Gasteiger partial charge is 0.343 e. The second kappa shape index (κ2) is 4.39. The Labute approximate surface area is 79.2 Å². The van der Waals surface area contributed by atoms with Gasteiger partial charge in [-0.15, -0.1) is 0 Å². The van der Waals surface area contributed by atoms with Gasteiger partial charge in [-0.1, -0.05) is 6.08 Å². The summed E-state index contributed by atoms with van der Waals surface area (Å²) in [6, 6.07) is 0. The molecule has 0 atom stereocenters. The molecular weight excluding hydrogens is 166 g/mol. The normalized spacial score (nSPS) is 20.5. The monoisotopic (exact) mass is 183 g/mol. The molecule has 0 amide bonds. The average molecular weight is 183 g/mol. The number of hydrogen-bond acceptors (Lipinski definition) is 4. The van der Waals surface area contributed by atoms with Crippen LogP contribution in [-0.2, 0) is 4.79 Å². The van der Waals surface area contributed by atoms with Crippen molar-refractivity contribution >= 4 is 5.78 Å². The second-order valence-corrected chi connectivity index (χ2v) is 3.33. The molecule has 0 radical (unpaired) electrons. The Balaban J connectivity index is 2.64. The molecule has 1 rings (SSSR count). The first kappa shape index (κ1) is 10.2. The molecule has 4 heteroatoms. The van der Waals surface area contributed by atoms with Crippen molar-refractivity contribution in [3.63, 3.8) is 0 Å². The van der Waals surface area contributed by atoms with Crippen molar-refractivity contribution in [2.75, 3.05) is 27.1 Å². The zero-order valence-corrected chi connectivity index (χ0v) is 8.50. The maximum atomic E-state index is 11.2. The SMILES string of the molecule is CC=C(C(C)=O)N1CNCN(C)C1. The van der Waals surface area contributed by atoms with E-state index in [0.29, 0.717) is 0 Å². The van der Waals surface area contributed by atoms with Crippen LogP contribution in [0, 0.1) is 0 Å². The smallest absolute Gasteiger partial charge is 0.175 e. The van der Waals surface area contributed by atoms with Crippen LogP contribution in [0.2, 0.25) is 0 Å². The highest BCUT2D eigenvalue weighted by atomic mass is 16.1. The topological polar surface area (TPSA) is 35.6 Å². The van der Waals surface area contributed by atoms with Gasteiger partial charge in [-0.2, -0.15) is 0 Å². The highest BCUT2D eigenvalue weighted by molar-refractivity contribution is 5.92. The number of Topliss-reactive ketones (excluding diaryl/α,β-unsaturated/α-hetero) is 1. The van der Waals surface area contributed by atoms with Gasteiger partial charge >= 0.3 is 0 Å². The third-order valence-electron chi connectivity index (χ3n) is 2.07. The molecule has 0 aromatic heterocycles. The van der Waals surface area contributed by atoms with Crippen molar-refractivity contribution in [2.24, 2.45) is 0 Å². The van der Waals surface area contributed by atoms with Gasteiger partial charge < -0.3 is 4.90 Å². The van der Waals surface area contributed by atoms with Crippen molar-refractivity contribution in [3.8, 4) is 0 Å². The van der Waals surface area contributed by atoms with Crippen molar-refractivity contribution in [1.29, 1.82) is 0 Å². The van der Waals surface area contributed by atoms with Crippen LogP contribution >= 0.6 is 0 Å². The van der Waals surface area contributed by atoms with E-state index in [4.69, 9.17) is 0 Å². The van der Waals surface area contributed by atoms with E-state index in [1.54, 1.807) is 6.92 Å². The molecule has 1 aliphatic rings. The van der Waals surface area contributed by atoms with Gasteiger partial charge in [0.1, 0.15) is 0 Å². The van der Waals surface area contributed by atoms with E-state index in [9.17, 15) is 4.79 Å². The number of hydrogen-bond donors (Lipinski definition) is 1. The summed E-state index contributed by atoms with van der Waals surface area (Å²) in [6.45, 7) is 5.94. The summed E-state index contributed by atoms with van der Waals surface area (Å²) in [5, 5.41) is 3.21. The number of allylic oxidation sites excluding steroid dienone is 2. The van der Waals surface area contributed by atoms with Crippen LogP contribution in [0.4, 0.5) is 0 Å². The summed E-state index contributed by atoms with van der Waals surface area (Å²) < 4.78 is 0. The van der Waals surface area contributed by atoms with Crippen molar-refractivity contribution in [2.45, 2.75) is 13.8 Å². The predicted octanol–water partition coefficient (Wildman–Crippen LogP) is 0.189. The minimum Gasteiger partial charge on any atom is -0.343 e. The Morgan fingerprint density at radius 2 is 2.15 bits per heavy atom. The molecule has 0 aromatic rings. The molecule has 1 aliphatic heterocycles. The van der Waals surface area contributed by atoms with E-state index in [2.05, 4.69) is 10.2 Å². The minimum atomic E-state index is 0.125. The molecule has 1 fully saturated rings. The Bertz CT molecular complexity index is 225. The van der Waals surface area contributed by atoms with Gasteiger partial charge in [0.25, 0.3) is 0 Å². The molecule has 13 heavy (non-hydrogen) atoms. The van der Waals surface area contributed by atoms with Crippen LogP contribution < -0.4 is 5.32 Å². The number of carbonyl (C=O) groups excluding carboxylic acids is 1. The van der Waals surface area contributed by atoms with Gasteiger partial charge in [-0.25, -0.2) is 0 Å². The third-order valence-corrected chi connectivity index (χ3v) is 2.07. The van der Waals surface area contributed by atoms with E-state index >= 15 is 0 Å². The summed E-state index contributed by atoms with van der Waals surface area (Å²) in [7, 11) is 2.02. The summed E-state index contributed by atoms with van der Waals surface area (Å²) >= 11 is 0. The molecule has 1 heterocycles. The maximum absolute atomic E-state index is 11.2. The summed E-state index contributed by atoms with van der Waals surface area (Å²) in [6.07, 6.45) is 1.86. The number of nitrogens with one attached hydrogen (secondary N) is 1. The minimum absolute atomic E-state index is 0.125. The van der Waals surface area contributed by atoms with Gasteiger partial charge in [0.15, 0.2) is 5.78 Å². The van der Waals surface area contributed by atoms with Crippen LogP contribution in [0.1, 0.15) is 13.8 Å². The average Bonchev–Trinajstić information content (AvgIpc) is 2.04. The van der Waals surface area contributed by atoms with Gasteiger partial charge in [0, 0.05) is 6.92 Å². The van der Waals surface area contributed by atoms with Crippen molar-refractivity contribution < 1.29 is 4.79 Å². The first-order valence-electron chi connectivity index (χ1n) is 4.46. The molecule has 0 aliphatic carbocycles. The lowest BCUT2D eigenvalue weighted by molar-refractivity contribution is -0.115. The molecule has 1 N–H and O–H groups in total. The van der Waals surface area contributed by atoms with E-state index < -0.39 is 0 Å². The van der Waals surface area contributed by atoms with E-state index in [-0.39, 0.29) is 5.78 Å². The van der Waals surface area contributed by atoms with Crippen molar-refractivity contribution in [3.05, 3.63) is 11.8 Å². The standard InChI is InChI=1S/C9H17N3O/c1-4-9(8(2)13)12-6-10-5-11(3)7-12/h4,10H,5-7H2,1-3H3. The van der Waals surface area contributed by atoms with Gasteiger partial charge in [0.05, 0.1) is 25.7 Å². The molecule has 0 saturated carbocycles. The molecule has 0 bridgehead atoms. The predicted molar refractivity (Wildman–Crippen MR) is 51.8 cm³/mol. The molecule has 74 valence electrons. The highest BCUT2D eigenvalue weighted by Crippen LogP contribution is 2.07. The zero-order chi connectivity index (χ0) is 9.84. The number of carbonyl (C=O) groups is 1. The van der Waals surface area contributed by atoms with Crippen LogP contribution in [0.3, 0.4) is 0 Å². The lowest BCUT2D eigenvalue weighted by Crippen LogP contribution is -2.51. The Hall–Kier alpha value is -0.870. The van der Waals surface area contributed by atoms with Crippen LogP contribution in [0.5, 0.6) is 0 Å². The van der Waals surface area contributed by atoms with Gasteiger partial charge in [0.2, 0.25) is 0 Å². The molecule has 4 nitrogen and oxygen atoms in total.